The number of hydrogen-bond donors (Lipinski definition) is 2. The number of halogens is 1. The molecule has 0 saturated heterocycles. The SMILES string of the molecule is CCCC[C@H](N)C(=O)Nc1cc(OC)c(Cl)cc1OC. The van der Waals surface area contributed by atoms with E-state index in [0.29, 0.717) is 28.6 Å². The number of ether oxygens (including phenoxy) is 2. The zero-order valence-electron chi connectivity index (χ0n) is 12.0. The Morgan fingerprint density at radius 1 is 1.35 bits per heavy atom. The van der Waals surface area contributed by atoms with E-state index in [9.17, 15) is 4.79 Å². The van der Waals surface area contributed by atoms with Crippen LogP contribution in [0.1, 0.15) is 26.2 Å². The minimum atomic E-state index is -0.540. The van der Waals surface area contributed by atoms with Crippen LogP contribution in [0, 0.1) is 0 Å². The minimum Gasteiger partial charge on any atom is -0.495 e. The topological polar surface area (TPSA) is 73.6 Å². The van der Waals surface area contributed by atoms with Crippen molar-refractivity contribution >= 4 is 23.2 Å². The molecule has 0 aliphatic rings. The van der Waals surface area contributed by atoms with Gasteiger partial charge in [-0.25, -0.2) is 0 Å². The summed E-state index contributed by atoms with van der Waals surface area (Å²) < 4.78 is 10.3. The molecule has 3 N–H and O–H groups in total. The van der Waals surface area contributed by atoms with Gasteiger partial charge in [0.25, 0.3) is 0 Å². The van der Waals surface area contributed by atoms with Crippen molar-refractivity contribution in [1.29, 1.82) is 0 Å². The van der Waals surface area contributed by atoms with Gasteiger partial charge in [-0.15, -0.1) is 0 Å². The number of amides is 1. The molecule has 6 heteroatoms. The van der Waals surface area contributed by atoms with Gasteiger partial charge in [-0.1, -0.05) is 31.4 Å². The van der Waals surface area contributed by atoms with Crippen LogP contribution in [0.3, 0.4) is 0 Å². The molecule has 0 unspecified atom stereocenters. The lowest BCUT2D eigenvalue weighted by Crippen LogP contribution is -2.35. The van der Waals surface area contributed by atoms with Crippen molar-refractivity contribution in [3.63, 3.8) is 0 Å². The lowest BCUT2D eigenvalue weighted by molar-refractivity contribution is -0.117. The molecule has 0 aliphatic carbocycles. The van der Waals surface area contributed by atoms with Gasteiger partial charge in [-0.2, -0.15) is 0 Å². The molecule has 0 bridgehead atoms. The van der Waals surface area contributed by atoms with Gasteiger partial charge in [0.1, 0.15) is 11.5 Å². The predicted molar refractivity (Wildman–Crippen MR) is 80.7 cm³/mol. The minimum absolute atomic E-state index is 0.249. The molecular formula is C14H21ClN2O3. The summed E-state index contributed by atoms with van der Waals surface area (Å²) >= 11 is 6.01. The van der Waals surface area contributed by atoms with Crippen LogP contribution in [0.15, 0.2) is 12.1 Å². The Labute approximate surface area is 124 Å². The third-order valence-electron chi connectivity index (χ3n) is 2.94. The fourth-order valence-corrected chi connectivity index (χ4v) is 1.97. The lowest BCUT2D eigenvalue weighted by atomic mass is 10.1. The zero-order valence-corrected chi connectivity index (χ0v) is 12.8. The van der Waals surface area contributed by atoms with Crippen LogP contribution in [-0.4, -0.2) is 26.2 Å². The van der Waals surface area contributed by atoms with Gasteiger partial charge in [-0.05, 0) is 6.42 Å². The van der Waals surface area contributed by atoms with Crippen molar-refractivity contribution in [2.24, 2.45) is 5.73 Å². The van der Waals surface area contributed by atoms with Crippen LogP contribution in [0.2, 0.25) is 5.02 Å². The Hall–Kier alpha value is -1.46. The standard InChI is InChI=1S/C14H21ClN2O3/c1-4-5-6-10(16)14(18)17-11-8-12(19-2)9(15)7-13(11)20-3/h7-8,10H,4-6,16H2,1-3H3,(H,17,18)/t10-/m0/s1. The van der Waals surface area contributed by atoms with Crippen molar-refractivity contribution < 1.29 is 14.3 Å². The summed E-state index contributed by atoms with van der Waals surface area (Å²) in [5.41, 5.74) is 6.32. The molecule has 0 radical (unpaired) electrons. The Morgan fingerprint density at radius 2 is 2.00 bits per heavy atom. The first-order chi connectivity index (χ1) is 9.53. The van der Waals surface area contributed by atoms with E-state index in [1.54, 1.807) is 12.1 Å². The van der Waals surface area contributed by atoms with Crippen LogP contribution >= 0.6 is 11.6 Å². The number of anilines is 1. The molecular weight excluding hydrogens is 280 g/mol. The molecule has 0 fully saturated rings. The van der Waals surface area contributed by atoms with E-state index in [1.165, 1.54) is 14.2 Å². The van der Waals surface area contributed by atoms with Crippen molar-refractivity contribution in [3.8, 4) is 11.5 Å². The number of nitrogens with one attached hydrogen (secondary N) is 1. The van der Waals surface area contributed by atoms with Crippen LogP contribution in [0.5, 0.6) is 11.5 Å². The molecule has 1 amide bonds. The first kappa shape index (κ1) is 16.6. The normalized spacial score (nSPS) is 11.8. The average Bonchev–Trinajstić information content (AvgIpc) is 2.45. The Morgan fingerprint density at radius 3 is 2.55 bits per heavy atom. The van der Waals surface area contributed by atoms with E-state index in [-0.39, 0.29) is 5.91 Å². The second-order valence-corrected chi connectivity index (χ2v) is 4.83. The van der Waals surface area contributed by atoms with Crippen molar-refractivity contribution in [2.75, 3.05) is 19.5 Å². The van der Waals surface area contributed by atoms with Gasteiger partial charge in [0.05, 0.1) is 31.0 Å². The summed E-state index contributed by atoms with van der Waals surface area (Å²) in [5.74, 6) is 0.679. The number of methoxy groups -OCH3 is 2. The van der Waals surface area contributed by atoms with E-state index in [2.05, 4.69) is 12.2 Å². The fourth-order valence-electron chi connectivity index (χ4n) is 1.74. The molecule has 0 spiro atoms. The van der Waals surface area contributed by atoms with Gasteiger partial charge in [0.15, 0.2) is 0 Å². The maximum absolute atomic E-state index is 12.0. The monoisotopic (exact) mass is 300 g/mol. The van der Waals surface area contributed by atoms with E-state index < -0.39 is 6.04 Å². The number of hydrogen-bond acceptors (Lipinski definition) is 4. The third kappa shape index (κ3) is 4.28. The van der Waals surface area contributed by atoms with E-state index >= 15 is 0 Å². The maximum Gasteiger partial charge on any atom is 0.241 e. The molecule has 5 nitrogen and oxygen atoms in total. The summed E-state index contributed by atoms with van der Waals surface area (Å²) in [4.78, 5) is 12.0. The van der Waals surface area contributed by atoms with E-state index in [0.717, 1.165) is 12.8 Å². The Bertz CT molecular complexity index is 466. The molecule has 112 valence electrons. The second kappa shape index (κ2) is 7.97. The number of benzene rings is 1. The highest BCUT2D eigenvalue weighted by atomic mass is 35.5. The average molecular weight is 301 g/mol. The quantitative estimate of drug-likeness (QED) is 0.812. The largest absolute Gasteiger partial charge is 0.495 e. The molecule has 1 atom stereocenters. The second-order valence-electron chi connectivity index (χ2n) is 4.43. The van der Waals surface area contributed by atoms with Crippen molar-refractivity contribution in [3.05, 3.63) is 17.2 Å². The first-order valence-electron chi connectivity index (χ1n) is 6.51. The molecule has 1 aromatic carbocycles. The van der Waals surface area contributed by atoms with Gasteiger partial charge in [-0.3, -0.25) is 4.79 Å². The summed E-state index contributed by atoms with van der Waals surface area (Å²) in [6.07, 6.45) is 2.56. The smallest absolute Gasteiger partial charge is 0.241 e. The summed E-state index contributed by atoms with van der Waals surface area (Å²) in [6.45, 7) is 2.05. The number of rotatable bonds is 7. The van der Waals surface area contributed by atoms with Gasteiger partial charge < -0.3 is 20.5 Å². The fraction of sp³-hybridized carbons (Fsp3) is 0.500. The maximum atomic E-state index is 12.0. The van der Waals surface area contributed by atoms with Crippen LogP contribution in [0.4, 0.5) is 5.69 Å². The van der Waals surface area contributed by atoms with Gasteiger partial charge >= 0.3 is 0 Å². The molecule has 0 heterocycles. The van der Waals surface area contributed by atoms with E-state index in [1.807, 2.05) is 0 Å². The Balaban J connectivity index is 2.87. The van der Waals surface area contributed by atoms with Crippen LogP contribution in [-0.2, 0) is 4.79 Å². The lowest BCUT2D eigenvalue weighted by Gasteiger charge is -2.15. The number of unbranched alkanes of at least 4 members (excludes halogenated alkanes) is 1. The molecule has 0 aliphatic heterocycles. The van der Waals surface area contributed by atoms with Gasteiger partial charge in [0.2, 0.25) is 5.91 Å². The summed E-state index contributed by atoms with van der Waals surface area (Å²) in [7, 11) is 3.01. The highest BCUT2D eigenvalue weighted by Crippen LogP contribution is 2.35. The highest BCUT2D eigenvalue weighted by Gasteiger charge is 2.17. The zero-order chi connectivity index (χ0) is 15.1. The molecule has 1 aromatic rings. The van der Waals surface area contributed by atoms with Crippen molar-refractivity contribution in [2.45, 2.75) is 32.2 Å². The molecule has 20 heavy (non-hydrogen) atoms. The van der Waals surface area contributed by atoms with Crippen LogP contribution < -0.4 is 20.5 Å². The van der Waals surface area contributed by atoms with Crippen molar-refractivity contribution in [1.82, 2.24) is 0 Å². The number of carbonyl (C=O) groups is 1. The highest BCUT2D eigenvalue weighted by molar-refractivity contribution is 6.32. The number of nitrogens with two attached hydrogens (primary N) is 1. The summed E-state index contributed by atoms with van der Waals surface area (Å²) in [6, 6.07) is 2.67. The molecule has 0 saturated carbocycles. The first-order valence-corrected chi connectivity index (χ1v) is 6.89. The molecule has 1 rings (SSSR count). The van der Waals surface area contributed by atoms with E-state index in [4.69, 9.17) is 26.8 Å². The molecule has 0 aromatic heterocycles. The van der Waals surface area contributed by atoms with Crippen LogP contribution in [0.25, 0.3) is 0 Å². The summed E-state index contributed by atoms with van der Waals surface area (Å²) in [5, 5.41) is 3.16. The van der Waals surface area contributed by atoms with Gasteiger partial charge in [0, 0.05) is 12.1 Å². The number of carbonyl (C=O) groups excluding carboxylic acids is 1. The predicted octanol–water partition coefficient (Wildman–Crippen LogP) is 2.81. The third-order valence-corrected chi connectivity index (χ3v) is 3.23. The Kier molecular flexibility index (Phi) is 6.61.